The molecule has 13 heteroatoms. The maximum Gasteiger partial charge on any atom is 0.330 e. The lowest BCUT2D eigenvalue weighted by atomic mass is 9.95. The number of benzene rings is 2. The van der Waals surface area contributed by atoms with Gasteiger partial charge in [0, 0.05) is 32.9 Å². The summed E-state index contributed by atoms with van der Waals surface area (Å²) in [6.07, 6.45) is 3.50. The van der Waals surface area contributed by atoms with Gasteiger partial charge in [-0.25, -0.2) is 4.79 Å². The van der Waals surface area contributed by atoms with Crippen molar-refractivity contribution >= 4 is 25.5 Å². The Bertz CT molecular complexity index is 1770. The zero-order chi connectivity index (χ0) is 34.0. The van der Waals surface area contributed by atoms with Crippen molar-refractivity contribution in [2.45, 2.75) is 58.0 Å². The van der Waals surface area contributed by atoms with E-state index >= 15 is 0 Å². The van der Waals surface area contributed by atoms with Gasteiger partial charge in [-0.3, -0.25) is 24.3 Å². The fourth-order valence-electron chi connectivity index (χ4n) is 5.01. The molecule has 1 atom stereocenters. The lowest BCUT2D eigenvalue weighted by Crippen LogP contribution is -2.50. The molecule has 0 spiro atoms. The van der Waals surface area contributed by atoms with Crippen LogP contribution in [0.3, 0.4) is 0 Å². The van der Waals surface area contributed by atoms with Gasteiger partial charge in [-0.1, -0.05) is 57.2 Å². The van der Waals surface area contributed by atoms with Gasteiger partial charge in [-0.05, 0) is 35.7 Å². The minimum absolute atomic E-state index is 0.0669. The van der Waals surface area contributed by atoms with Crippen LogP contribution < -0.4 is 20.7 Å². The number of carbonyl (C=O) groups is 1. The molecule has 1 aliphatic heterocycles. The highest BCUT2D eigenvalue weighted by Crippen LogP contribution is 2.39. The van der Waals surface area contributed by atoms with E-state index in [2.05, 4.69) is 33.9 Å². The highest BCUT2D eigenvalue weighted by Gasteiger charge is 2.40. The molecule has 3 aromatic rings. The number of nitro benzene ring substituents is 1. The van der Waals surface area contributed by atoms with E-state index in [-0.39, 0.29) is 48.3 Å². The molecule has 4 rings (SSSR count). The summed E-state index contributed by atoms with van der Waals surface area (Å²) in [5.74, 6) is -0.258. The average Bonchev–Trinajstić information content (AvgIpc) is 3.02. The van der Waals surface area contributed by atoms with Crippen LogP contribution in [0.4, 0.5) is 5.69 Å². The average molecular weight is 651 g/mol. The second kappa shape index (κ2) is 13.5. The first-order valence-electron chi connectivity index (χ1n) is 15.0. The highest BCUT2D eigenvalue weighted by atomic mass is 28.4. The maximum atomic E-state index is 14.2. The van der Waals surface area contributed by atoms with E-state index in [0.29, 0.717) is 11.1 Å². The summed E-state index contributed by atoms with van der Waals surface area (Å²) >= 11 is 0. The molecule has 0 fully saturated rings. The van der Waals surface area contributed by atoms with Crippen LogP contribution in [0.25, 0.3) is 5.57 Å². The third kappa shape index (κ3) is 7.15. The summed E-state index contributed by atoms with van der Waals surface area (Å²) in [6.45, 7) is 10.9. The summed E-state index contributed by atoms with van der Waals surface area (Å²) in [7, 11) is 2.13. The number of ether oxygens (including phenoxy) is 2. The Morgan fingerprint density at radius 3 is 2.37 bits per heavy atom. The first-order valence-corrected chi connectivity index (χ1v) is 17.9. The van der Waals surface area contributed by atoms with Gasteiger partial charge >= 0.3 is 5.69 Å². The van der Waals surface area contributed by atoms with E-state index in [9.17, 15) is 24.5 Å². The van der Waals surface area contributed by atoms with E-state index in [1.165, 1.54) is 42.0 Å². The first kappa shape index (κ1) is 34.4. The lowest BCUT2D eigenvalue weighted by molar-refractivity contribution is -0.385. The zero-order valence-corrected chi connectivity index (χ0v) is 28.7. The van der Waals surface area contributed by atoms with Crippen LogP contribution in [-0.4, -0.2) is 59.5 Å². The van der Waals surface area contributed by atoms with Crippen molar-refractivity contribution in [3.05, 3.63) is 102 Å². The van der Waals surface area contributed by atoms with Gasteiger partial charge in [-0.2, -0.15) is 0 Å². The number of carbonyl (C=O) groups excluding carboxylic acids is 1. The Balaban J connectivity index is 1.74. The smallest absolute Gasteiger partial charge is 0.330 e. The fraction of sp³-hybridized carbons (Fsp3) is 0.424. The quantitative estimate of drug-likeness (QED) is 0.172. The number of nitro groups is 1. The first-order chi connectivity index (χ1) is 21.6. The normalized spacial score (nSPS) is 15.3. The highest BCUT2D eigenvalue weighted by molar-refractivity contribution is 6.74. The molecule has 0 saturated heterocycles. The van der Waals surface area contributed by atoms with Crippen LogP contribution in [0, 0.1) is 10.1 Å². The molecule has 246 valence electrons. The van der Waals surface area contributed by atoms with E-state index in [1.54, 1.807) is 13.1 Å². The van der Waals surface area contributed by atoms with Gasteiger partial charge in [-0.15, -0.1) is 0 Å². The summed E-state index contributed by atoms with van der Waals surface area (Å²) in [5.41, 5.74) is 0.422. The van der Waals surface area contributed by atoms with Crippen LogP contribution in [0.5, 0.6) is 11.5 Å². The predicted molar refractivity (Wildman–Crippen MR) is 178 cm³/mol. The number of amides is 1. The molecule has 0 bridgehead atoms. The number of hydrogen-bond acceptors (Lipinski definition) is 8. The summed E-state index contributed by atoms with van der Waals surface area (Å²) < 4.78 is 20.3. The third-order valence-corrected chi connectivity index (χ3v) is 13.4. The second-order valence-electron chi connectivity index (χ2n) is 13.0. The van der Waals surface area contributed by atoms with Crippen molar-refractivity contribution in [2.24, 2.45) is 14.1 Å². The van der Waals surface area contributed by atoms with Crippen molar-refractivity contribution in [3.63, 3.8) is 0 Å². The molecule has 1 aromatic heterocycles. The minimum Gasteiger partial charge on any atom is -0.493 e. The Morgan fingerprint density at radius 1 is 1.09 bits per heavy atom. The topological polar surface area (TPSA) is 135 Å². The minimum atomic E-state index is -2.27. The Morgan fingerprint density at radius 2 is 1.76 bits per heavy atom. The molecule has 1 amide bonds. The Kier molecular flexibility index (Phi) is 10.1. The van der Waals surface area contributed by atoms with Gasteiger partial charge in [0.15, 0.2) is 19.8 Å². The SMILES string of the molecule is COc1cc(C(=O)N2CC=C(c3cn(C)c(=O)n(C)c3=O)C[C@H]2CO[Si](C)(C)C(C)(C)C)c([N+](=O)[O-])cc1OCc1ccccc1. The molecule has 1 aliphatic rings. The number of nitrogens with zero attached hydrogens (tertiary/aromatic N) is 4. The number of aromatic nitrogens is 2. The standard InChI is InChI=1S/C33H42N4O8Si/c1-33(2,3)46(7,8)45-21-24-16-23(26-19-34(4)32(40)35(5)30(26)38)14-15-36(24)31(39)25-17-28(43-6)29(18-27(25)37(41)42)44-20-22-12-10-9-11-13-22/h9-14,17-19,24H,15-16,20-21H2,1-8H3/t24-/m0/s1. The maximum absolute atomic E-state index is 14.2. The molecule has 0 aliphatic carbocycles. The van der Waals surface area contributed by atoms with Crippen molar-refractivity contribution in [3.8, 4) is 11.5 Å². The number of methoxy groups -OCH3 is 1. The molecule has 0 N–H and O–H groups in total. The monoisotopic (exact) mass is 650 g/mol. The predicted octanol–water partition coefficient (Wildman–Crippen LogP) is 4.90. The second-order valence-corrected chi connectivity index (χ2v) is 17.8. The zero-order valence-electron chi connectivity index (χ0n) is 27.7. The van der Waals surface area contributed by atoms with E-state index in [0.717, 1.165) is 10.1 Å². The number of hydrogen-bond donors (Lipinski definition) is 0. The fourth-order valence-corrected chi connectivity index (χ4v) is 6.05. The van der Waals surface area contributed by atoms with Crippen molar-refractivity contribution in [1.82, 2.24) is 14.0 Å². The van der Waals surface area contributed by atoms with Crippen molar-refractivity contribution < 1.29 is 23.6 Å². The van der Waals surface area contributed by atoms with Gasteiger partial charge < -0.3 is 23.4 Å². The van der Waals surface area contributed by atoms with Gasteiger partial charge in [0.1, 0.15) is 12.2 Å². The summed E-state index contributed by atoms with van der Waals surface area (Å²) in [6, 6.07) is 11.3. The molecular formula is C33H42N4O8Si. The number of rotatable bonds is 10. The molecule has 0 saturated carbocycles. The van der Waals surface area contributed by atoms with Crippen LogP contribution in [-0.2, 0) is 25.1 Å². The molecule has 2 heterocycles. The lowest BCUT2D eigenvalue weighted by Gasteiger charge is -2.40. The van der Waals surface area contributed by atoms with Gasteiger partial charge in [0.2, 0.25) is 0 Å². The van der Waals surface area contributed by atoms with E-state index < -0.39 is 42.1 Å². The molecule has 2 aromatic carbocycles. The van der Waals surface area contributed by atoms with Crippen LogP contribution in [0.2, 0.25) is 18.1 Å². The number of aryl methyl sites for hydroxylation is 1. The molecule has 46 heavy (non-hydrogen) atoms. The molecule has 0 radical (unpaired) electrons. The Hall–Kier alpha value is -4.49. The van der Waals surface area contributed by atoms with E-state index in [4.69, 9.17) is 13.9 Å². The Labute approximate surface area is 269 Å². The van der Waals surface area contributed by atoms with Crippen LogP contribution in [0.1, 0.15) is 48.7 Å². The van der Waals surface area contributed by atoms with Gasteiger partial charge in [0.25, 0.3) is 17.2 Å². The van der Waals surface area contributed by atoms with E-state index in [1.807, 2.05) is 30.3 Å². The molecule has 0 unspecified atom stereocenters. The van der Waals surface area contributed by atoms with Crippen LogP contribution >= 0.6 is 0 Å². The summed E-state index contributed by atoms with van der Waals surface area (Å²) in [5, 5.41) is 12.2. The molecule has 12 nitrogen and oxygen atoms in total. The largest absolute Gasteiger partial charge is 0.493 e. The summed E-state index contributed by atoms with van der Waals surface area (Å²) in [4.78, 5) is 52.9. The van der Waals surface area contributed by atoms with Gasteiger partial charge in [0.05, 0.1) is 36.3 Å². The van der Waals surface area contributed by atoms with Crippen LogP contribution in [0.15, 0.2) is 64.3 Å². The molecular weight excluding hydrogens is 608 g/mol. The third-order valence-electron chi connectivity index (χ3n) is 8.87. The van der Waals surface area contributed by atoms with Crippen molar-refractivity contribution in [1.29, 1.82) is 0 Å². The van der Waals surface area contributed by atoms with Crippen molar-refractivity contribution in [2.75, 3.05) is 20.3 Å².